The van der Waals surface area contributed by atoms with Crippen LogP contribution in [0.4, 0.5) is 5.69 Å². The van der Waals surface area contributed by atoms with Gasteiger partial charge in [0.25, 0.3) is 0 Å². The van der Waals surface area contributed by atoms with Crippen molar-refractivity contribution < 1.29 is 9.47 Å². The molecule has 158 valence electrons. The maximum Gasteiger partial charge on any atom is 0.224 e. The molecule has 0 N–H and O–H groups in total. The number of hydrogen-bond donors (Lipinski definition) is 0. The Bertz CT molecular complexity index is 1100. The summed E-state index contributed by atoms with van der Waals surface area (Å²) in [5, 5.41) is 9.28. The van der Waals surface area contributed by atoms with E-state index >= 15 is 0 Å². The number of anilines is 1. The van der Waals surface area contributed by atoms with E-state index in [0.29, 0.717) is 16.7 Å². The van der Waals surface area contributed by atoms with E-state index in [0.717, 1.165) is 58.6 Å². The fourth-order valence-corrected chi connectivity index (χ4v) is 4.89. The van der Waals surface area contributed by atoms with Crippen molar-refractivity contribution in [2.45, 2.75) is 45.4 Å². The van der Waals surface area contributed by atoms with Crippen LogP contribution in [-0.4, -0.2) is 39.9 Å². The first kappa shape index (κ1) is 20.0. The number of ether oxygens (including phenoxy) is 2. The molecule has 3 aromatic rings. The summed E-state index contributed by atoms with van der Waals surface area (Å²) < 4.78 is 14.6. The van der Waals surface area contributed by atoms with Crippen molar-refractivity contribution >= 4 is 44.3 Å². The smallest absolute Gasteiger partial charge is 0.224 e. The molecule has 1 saturated carbocycles. The van der Waals surface area contributed by atoms with Crippen LogP contribution in [0.5, 0.6) is 11.6 Å². The van der Waals surface area contributed by atoms with Gasteiger partial charge in [-0.05, 0) is 66.6 Å². The summed E-state index contributed by atoms with van der Waals surface area (Å²) >= 11 is 10.2. The van der Waals surface area contributed by atoms with E-state index in [4.69, 9.17) is 21.1 Å². The second kappa shape index (κ2) is 7.98. The van der Waals surface area contributed by atoms with Gasteiger partial charge >= 0.3 is 0 Å². The number of fused-ring (bicyclic) bond motifs is 1. The van der Waals surface area contributed by atoms with E-state index in [2.05, 4.69) is 36.1 Å². The first-order valence-electron chi connectivity index (χ1n) is 10.2. The number of rotatable bonds is 6. The average Bonchev–Trinajstić information content (AvgIpc) is 3.27. The van der Waals surface area contributed by atoms with Crippen LogP contribution in [-0.2, 0) is 11.3 Å². The molecule has 2 aliphatic rings. The minimum absolute atomic E-state index is 0.0149. The van der Waals surface area contributed by atoms with E-state index < -0.39 is 0 Å². The third-order valence-corrected chi connectivity index (χ3v) is 6.92. The van der Waals surface area contributed by atoms with Gasteiger partial charge in [0.2, 0.25) is 5.88 Å². The van der Waals surface area contributed by atoms with Crippen molar-refractivity contribution in [2.75, 3.05) is 18.6 Å². The van der Waals surface area contributed by atoms with Crippen molar-refractivity contribution in [3.8, 4) is 11.6 Å². The predicted octanol–water partition coefficient (Wildman–Crippen LogP) is 5.33. The highest BCUT2D eigenvalue weighted by atomic mass is 79.9. The minimum atomic E-state index is 0.0149. The van der Waals surface area contributed by atoms with Crippen LogP contribution >= 0.6 is 27.5 Å². The largest absolute Gasteiger partial charge is 0.437 e. The van der Waals surface area contributed by atoms with E-state index in [-0.39, 0.29) is 6.23 Å². The summed E-state index contributed by atoms with van der Waals surface area (Å²) in [6, 6.07) is 3.94. The summed E-state index contributed by atoms with van der Waals surface area (Å²) in [6.07, 6.45) is 6.24. The molecule has 1 atom stereocenters. The van der Waals surface area contributed by atoms with Crippen molar-refractivity contribution in [2.24, 2.45) is 5.92 Å². The molecule has 0 spiro atoms. The fourth-order valence-electron chi connectivity index (χ4n) is 4.10. The molecule has 2 aromatic heterocycles. The van der Waals surface area contributed by atoms with Crippen molar-refractivity contribution in [1.29, 1.82) is 0 Å². The Kier molecular flexibility index (Phi) is 5.33. The Balaban J connectivity index is 1.47. The Morgan fingerprint density at radius 2 is 2.10 bits per heavy atom. The summed E-state index contributed by atoms with van der Waals surface area (Å²) in [5.41, 5.74) is 3.59. The number of methoxy groups -OCH3 is 1. The molecule has 1 unspecified atom stereocenters. The van der Waals surface area contributed by atoms with E-state index in [1.54, 1.807) is 13.3 Å². The molecule has 5 rings (SSSR count). The minimum Gasteiger partial charge on any atom is -0.437 e. The third-order valence-electron chi connectivity index (χ3n) is 5.88. The van der Waals surface area contributed by atoms with Gasteiger partial charge in [0.05, 0.1) is 26.9 Å². The monoisotopic (exact) mass is 491 g/mol. The van der Waals surface area contributed by atoms with Gasteiger partial charge in [-0.1, -0.05) is 16.8 Å². The molecule has 7 nitrogen and oxygen atoms in total. The Labute approximate surface area is 188 Å². The van der Waals surface area contributed by atoms with Crippen LogP contribution in [0.3, 0.4) is 0 Å². The van der Waals surface area contributed by atoms with Gasteiger partial charge in [0.15, 0.2) is 0 Å². The van der Waals surface area contributed by atoms with Gasteiger partial charge in [-0.15, -0.1) is 5.10 Å². The molecular weight excluding hydrogens is 470 g/mol. The molecule has 0 bridgehead atoms. The first-order valence-corrected chi connectivity index (χ1v) is 11.4. The Morgan fingerprint density at radius 1 is 1.27 bits per heavy atom. The van der Waals surface area contributed by atoms with Gasteiger partial charge in [-0.2, -0.15) is 0 Å². The lowest BCUT2D eigenvalue weighted by molar-refractivity contribution is 0.111. The lowest BCUT2D eigenvalue weighted by atomic mass is 10.2. The van der Waals surface area contributed by atoms with Crippen LogP contribution in [0.1, 0.15) is 31.2 Å². The number of hydrogen-bond acceptors (Lipinski definition) is 6. The quantitative estimate of drug-likeness (QED) is 0.464. The van der Waals surface area contributed by atoms with Gasteiger partial charge in [-0.3, -0.25) is 0 Å². The Hall–Kier alpha value is -1.90. The summed E-state index contributed by atoms with van der Waals surface area (Å²) in [6.45, 7) is 3.79. The standard InChI is InChI=1S/C21H23BrClN5O2/c1-12-20(27-9-3-4-17(27)29-2)14(23)10-24-21(12)30-16-8-7-15-19(18(16)22)25-26-28(15)11-13-5-6-13/h7-8,10,13,17H,3-6,9,11H2,1-2H3. The van der Waals surface area contributed by atoms with E-state index in [9.17, 15) is 0 Å². The molecule has 0 radical (unpaired) electrons. The highest BCUT2D eigenvalue weighted by Crippen LogP contribution is 2.41. The molecular formula is C21H23BrClN5O2. The lowest BCUT2D eigenvalue weighted by Crippen LogP contribution is -2.31. The van der Waals surface area contributed by atoms with Crippen molar-refractivity contribution in [1.82, 2.24) is 20.0 Å². The maximum atomic E-state index is 6.52. The molecule has 3 heterocycles. The van der Waals surface area contributed by atoms with Crippen molar-refractivity contribution in [3.63, 3.8) is 0 Å². The summed E-state index contributed by atoms with van der Waals surface area (Å²) in [7, 11) is 1.73. The molecule has 9 heteroatoms. The topological polar surface area (TPSA) is 65.3 Å². The number of pyridine rings is 1. The highest BCUT2D eigenvalue weighted by Gasteiger charge is 2.29. The van der Waals surface area contributed by atoms with Crippen LogP contribution in [0.15, 0.2) is 22.8 Å². The van der Waals surface area contributed by atoms with E-state index in [1.807, 2.05) is 23.7 Å². The summed E-state index contributed by atoms with van der Waals surface area (Å²) in [4.78, 5) is 6.63. The normalized spacial score (nSPS) is 19.1. The first-order chi connectivity index (χ1) is 14.6. The van der Waals surface area contributed by atoms with Gasteiger partial charge in [0.1, 0.15) is 17.5 Å². The third kappa shape index (κ3) is 3.55. The highest BCUT2D eigenvalue weighted by molar-refractivity contribution is 9.10. The SMILES string of the molecule is COC1CCCN1c1c(Cl)cnc(Oc2ccc3c(nnn3CC3CC3)c2Br)c1C. The van der Waals surface area contributed by atoms with Crippen LogP contribution < -0.4 is 9.64 Å². The van der Waals surface area contributed by atoms with Gasteiger partial charge in [0, 0.05) is 25.8 Å². The van der Waals surface area contributed by atoms with Crippen LogP contribution in [0.2, 0.25) is 5.02 Å². The van der Waals surface area contributed by atoms with Gasteiger partial charge in [-0.25, -0.2) is 9.67 Å². The molecule has 1 aliphatic carbocycles. The van der Waals surface area contributed by atoms with Crippen molar-refractivity contribution in [3.05, 3.63) is 33.4 Å². The predicted molar refractivity (Wildman–Crippen MR) is 119 cm³/mol. The second-order valence-corrected chi connectivity index (χ2v) is 9.17. The van der Waals surface area contributed by atoms with Crippen LogP contribution in [0, 0.1) is 12.8 Å². The zero-order valence-corrected chi connectivity index (χ0v) is 19.3. The zero-order valence-electron chi connectivity index (χ0n) is 16.9. The van der Waals surface area contributed by atoms with Crippen LogP contribution in [0.25, 0.3) is 11.0 Å². The number of benzene rings is 1. The Morgan fingerprint density at radius 3 is 2.87 bits per heavy atom. The molecule has 1 aromatic carbocycles. The second-order valence-electron chi connectivity index (χ2n) is 7.97. The molecule has 1 aliphatic heterocycles. The average molecular weight is 493 g/mol. The lowest BCUT2D eigenvalue weighted by Gasteiger charge is -2.28. The fraction of sp³-hybridized carbons (Fsp3) is 0.476. The molecule has 1 saturated heterocycles. The molecule has 30 heavy (non-hydrogen) atoms. The van der Waals surface area contributed by atoms with E-state index in [1.165, 1.54) is 12.8 Å². The summed E-state index contributed by atoms with van der Waals surface area (Å²) in [5.74, 6) is 1.89. The zero-order chi connectivity index (χ0) is 20.8. The maximum absolute atomic E-state index is 6.52. The van der Waals surface area contributed by atoms with Gasteiger partial charge < -0.3 is 14.4 Å². The number of nitrogens with zero attached hydrogens (tertiary/aromatic N) is 5. The molecule has 2 fully saturated rings. The number of aromatic nitrogens is 4. The molecule has 0 amide bonds. The number of halogens is 2.